The lowest BCUT2D eigenvalue weighted by atomic mass is 10.0. The molecule has 0 saturated carbocycles. The van der Waals surface area contributed by atoms with Gasteiger partial charge >= 0.3 is 0 Å². The van der Waals surface area contributed by atoms with Gasteiger partial charge in [0.25, 0.3) is 0 Å². The fourth-order valence-electron chi connectivity index (χ4n) is 2.40. The molecule has 16 heavy (non-hydrogen) atoms. The van der Waals surface area contributed by atoms with Gasteiger partial charge in [-0.15, -0.1) is 0 Å². The number of β-amino-alcohol motifs (C(OH)–C–C–N with tert-alkyl or cyclic N) is 1. The van der Waals surface area contributed by atoms with E-state index in [1.165, 1.54) is 17.5 Å². The lowest BCUT2D eigenvalue weighted by Gasteiger charge is -2.14. The standard InChI is InChI=1S/C14H21NO/c1-12-5-2-3-6-13(12)7-4-9-15-10-8-14(16)11-15/h2-3,5-6,14,16H,4,7-11H2,1H3/t14-/m1/s1. The first-order chi connectivity index (χ1) is 7.75. The normalized spacial score (nSPS) is 21.5. The molecule has 0 aromatic heterocycles. The van der Waals surface area contributed by atoms with Crippen molar-refractivity contribution < 1.29 is 5.11 Å². The van der Waals surface area contributed by atoms with Gasteiger partial charge in [-0.3, -0.25) is 0 Å². The van der Waals surface area contributed by atoms with Gasteiger partial charge in [-0.25, -0.2) is 0 Å². The molecule has 1 aromatic rings. The molecule has 0 spiro atoms. The Balaban J connectivity index is 1.74. The minimum atomic E-state index is -0.0848. The molecule has 1 aliphatic heterocycles. The van der Waals surface area contributed by atoms with E-state index in [0.29, 0.717) is 0 Å². The Kier molecular flexibility index (Phi) is 3.97. The average molecular weight is 219 g/mol. The number of nitrogens with zero attached hydrogens (tertiary/aromatic N) is 1. The lowest BCUT2D eigenvalue weighted by molar-refractivity contribution is 0.176. The number of likely N-dealkylation sites (tertiary alicyclic amines) is 1. The summed E-state index contributed by atoms with van der Waals surface area (Å²) in [6.45, 7) is 5.23. The van der Waals surface area contributed by atoms with Gasteiger partial charge in [-0.05, 0) is 43.9 Å². The highest BCUT2D eigenvalue weighted by atomic mass is 16.3. The lowest BCUT2D eigenvalue weighted by Crippen LogP contribution is -2.23. The molecular formula is C14H21NO. The van der Waals surface area contributed by atoms with Crippen LogP contribution in [0.15, 0.2) is 24.3 Å². The molecule has 2 heteroatoms. The van der Waals surface area contributed by atoms with Gasteiger partial charge in [0.2, 0.25) is 0 Å². The summed E-state index contributed by atoms with van der Waals surface area (Å²) in [5.41, 5.74) is 2.85. The molecule has 1 fully saturated rings. The Morgan fingerprint density at radius 2 is 2.19 bits per heavy atom. The molecule has 2 nitrogen and oxygen atoms in total. The molecule has 1 aromatic carbocycles. The SMILES string of the molecule is Cc1ccccc1CCCN1CC[C@@H](O)C1. The van der Waals surface area contributed by atoms with Crippen molar-refractivity contribution in [3.63, 3.8) is 0 Å². The molecule has 2 rings (SSSR count). The van der Waals surface area contributed by atoms with Gasteiger partial charge in [0.05, 0.1) is 6.10 Å². The maximum absolute atomic E-state index is 9.42. The molecule has 0 bridgehead atoms. The van der Waals surface area contributed by atoms with Crippen LogP contribution in [0, 0.1) is 6.92 Å². The zero-order valence-electron chi connectivity index (χ0n) is 10.0. The van der Waals surface area contributed by atoms with Crippen LogP contribution in [-0.4, -0.2) is 35.7 Å². The average Bonchev–Trinajstić information content (AvgIpc) is 2.67. The number of aliphatic hydroxyl groups is 1. The largest absolute Gasteiger partial charge is 0.392 e. The second-order valence-corrected chi connectivity index (χ2v) is 4.77. The van der Waals surface area contributed by atoms with Crippen molar-refractivity contribution in [2.75, 3.05) is 19.6 Å². The van der Waals surface area contributed by atoms with E-state index in [9.17, 15) is 5.11 Å². The highest BCUT2D eigenvalue weighted by Crippen LogP contribution is 2.12. The fourth-order valence-corrected chi connectivity index (χ4v) is 2.40. The van der Waals surface area contributed by atoms with Gasteiger partial charge in [0.1, 0.15) is 0 Å². The Bertz CT molecular complexity index is 337. The van der Waals surface area contributed by atoms with E-state index in [1.807, 2.05) is 0 Å². The molecule has 88 valence electrons. The molecule has 1 N–H and O–H groups in total. The fraction of sp³-hybridized carbons (Fsp3) is 0.571. The van der Waals surface area contributed by atoms with Crippen LogP contribution < -0.4 is 0 Å². The van der Waals surface area contributed by atoms with E-state index < -0.39 is 0 Å². The Hall–Kier alpha value is -0.860. The number of hydrogen-bond donors (Lipinski definition) is 1. The quantitative estimate of drug-likeness (QED) is 0.837. The van der Waals surface area contributed by atoms with Gasteiger partial charge in [-0.1, -0.05) is 24.3 Å². The summed E-state index contributed by atoms with van der Waals surface area (Å²) in [7, 11) is 0. The van der Waals surface area contributed by atoms with Crippen LogP contribution in [0.25, 0.3) is 0 Å². The molecule has 1 heterocycles. The predicted octanol–water partition coefficient (Wildman–Crippen LogP) is 1.99. The van der Waals surface area contributed by atoms with Crippen LogP contribution in [-0.2, 0) is 6.42 Å². The summed E-state index contributed by atoms with van der Waals surface area (Å²) in [6.07, 6.45) is 3.21. The third kappa shape index (κ3) is 3.06. The van der Waals surface area contributed by atoms with E-state index in [-0.39, 0.29) is 6.10 Å². The number of aryl methyl sites for hydroxylation is 2. The maximum atomic E-state index is 9.42. The summed E-state index contributed by atoms with van der Waals surface area (Å²) < 4.78 is 0. The van der Waals surface area contributed by atoms with Crippen molar-refractivity contribution in [3.05, 3.63) is 35.4 Å². The second-order valence-electron chi connectivity index (χ2n) is 4.77. The number of benzene rings is 1. The van der Waals surface area contributed by atoms with Crippen LogP contribution >= 0.6 is 0 Å². The smallest absolute Gasteiger partial charge is 0.0679 e. The van der Waals surface area contributed by atoms with Crippen LogP contribution in [0.1, 0.15) is 24.0 Å². The maximum Gasteiger partial charge on any atom is 0.0679 e. The van der Waals surface area contributed by atoms with E-state index in [1.54, 1.807) is 0 Å². The Morgan fingerprint density at radius 3 is 2.88 bits per heavy atom. The van der Waals surface area contributed by atoms with Crippen LogP contribution in [0.5, 0.6) is 0 Å². The minimum Gasteiger partial charge on any atom is -0.392 e. The Morgan fingerprint density at radius 1 is 1.38 bits per heavy atom. The van der Waals surface area contributed by atoms with E-state index in [4.69, 9.17) is 0 Å². The topological polar surface area (TPSA) is 23.5 Å². The third-order valence-electron chi connectivity index (χ3n) is 3.43. The summed E-state index contributed by atoms with van der Waals surface area (Å²) >= 11 is 0. The molecular weight excluding hydrogens is 198 g/mol. The predicted molar refractivity (Wildman–Crippen MR) is 66.6 cm³/mol. The summed E-state index contributed by atoms with van der Waals surface area (Å²) in [5, 5.41) is 9.42. The van der Waals surface area contributed by atoms with E-state index in [2.05, 4.69) is 36.1 Å². The minimum absolute atomic E-state index is 0.0848. The molecule has 0 radical (unpaired) electrons. The summed E-state index contributed by atoms with van der Waals surface area (Å²) in [5.74, 6) is 0. The van der Waals surface area contributed by atoms with E-state index >= 15 is 0 Å². The highest BCUT2D eigenvalue weighted by Gasteiger charge is 2.19. The van der Waals surface area contributed by atoms with Gasteiger partial charge in [-0.2, -0.15) is 0 Å². The van der Waals surface area contributed by atoms with Crippen LogP contribution in [0.3, 0.4) is 0 Å². The molecule has 1 atom stereocenters. The van der Waals surface area contributed by atoms with Gasteiger partial charge in [0.15, 0.2) is 0 Å². The number of rotatable bonds is 4. The van der Waals surface area contributed by atoms with Crippen molar-refractivity contribution in [2.24, 2.45) is 0 Å². The second kappa shape index (κ2) is 5.46. The summed E-state index contributed by atoms with van der Waals surface area (Å²) in [6, 6.07) is 8.60. The summed E-state index contributed by atoms with van der Waals surface area (Å²) in [4.78, 5) is 2.36. The first kappa shape index (κ1) is 11.6. The number of aliphatic hydroxyl groups excluding tert-OH is 1. The first-order valence-corrected chi connectivity index (χ1v) is 6.20. The van der Waals surface area contributed by atoms with Gasteiger partial charge < -0.3 is 10.0 Å². The molecule has 1 saturated heterocycles. The highest BCUT2D eigenvalue weighted by molar-refractivity contribution is 5.25. The van der Waals surface area contributed by atoms with Crippen molar-refractivity contribution in [1.82, 2.24) is 4.90 Å². The van der Waals surface area contributed by atoms with Crippen molar-refractivity contribution in [3.8, 4) is 0 Å². The number of hydrogen-bond acceptors (Lipinski definition) is 2. The zero-order chi connectivity index (χ0) is 11.4. The van der Waals surface area contributed by atoms with Gasteiger partial charge in [0, 0.05) is 13.1 Å². The zero-order valence-corrected chi connectivity index (χ0v) is 10.0. The monoisotopic (exact) mass is 219 g/mol. The van der Waals surface area contributed by atoms with Crippen LogP contribution in [0.2, 0.25) is 0 Å². The van der Waals surface area contributed by atoms with Crippen molar-refractivity contribution >= 4 is 0 Å². The molecule has 0 amide bonds. The van der Waals surface area contributed by atoms with Crippen molar-refractivity contribution in [1.29, 1.82) is 0 Å². The molecule has 0 unspecified atom stereocenters. The van der Waals surface area contributed by atoms with Crippen LogP contribution in [0.4, 0.5) is 0 Å². The third-order valence-corrected chi connectivity index (χ3v) is 3.43. The molecule has 1 aliphatic rings. The van der Waals surface area contributed by atoms with E-state index in [0.717, 1.165) is 32.5 Å². The van der Waals surface area contributed by atoms with Crippen molar-refractivity contribution in [2.45, 2.75) is 32.3 Å². The first-order valence-electron chi connectivity index (χ1n) is 6.20. The Labute approximate surface area is 97.9 Å². The molecule has 0 aliphatic carbocycles.